The minimum atomic E-state index is -1.95. The zero-order chi connectivity index (χ0) is 24.3. The van der Waals surface area contributed by atoms with Crippen LogP contribution >= 0.6 is 0 Å². The molecule has 34 heavy (non-hydrogen) atoms. The van der Waals surface area contributed by atoms with Gasteiger partial charge in [0.25, 0.3) is 5.91 Å². The zero-order valence-corrected chi connectivity index (χ0v) is 19.7. The fraction of sp³-hybridized carbons (Fsp3) is 0.385. The lowest BCUT2D eigenvalue weighted by Crippen LogP contribution is -2.35. The fourth-order valence-corrected chi connectivity index (χ4v) is 4.06. The summed E-state index contributed by atoms with van der Waals surface area (Å²) in [5, 5.41) is 22.2. The first-order chi connectivity index (χ1) is 16.3. The van der Waals surface area contributed by atoms with Crippen molar-refractivity contribution < 1.29 is 24.5 Å². The number of methoxy groups -OCH3 is 1. The molecule has 0 spiro atoms. The van der Waals surface area contributed by atoms with E-state index in [1.54, 1.807) is 25.4 Å². The van der Waals surface area contributed by atoms with Crippen LogP contribution in [0.2, 0.25) is 0 Å². The SMILES string of the molecule is CN1CCC1.COc1cc(C2(NC(=O)c3cc(OC(O)O)ccc3C)CC2)c2cccnc2c1. The van der Waals surface area contributed by atoms with Gasteiger partial charge in [-0.1, -0.05) is 12.1 Å². The average Bonchev–Trinajstić information content (AvgIpc) is 3.58. The van der Waals surface area contributed by atoms with Gasteiger partial charge in [0.1, 0.15) is 11.5 Å². The molecule has 3 aromatic rings. The fourth-order valence-electron chi connectivity index (χ4n) is 4.06. The average molecular weight is 466 g/mol. The van der Waals surface area contributed by atoms with E-state index in [4.69, 9.17) is 19.7 Å². The van der Waals surface area contributed by atoms with Crippen molar-refractivity contribution in [1.29, 1.82) is 0 Å². The van der Waals surface area contributed by atoms with Crippen LogP contribution in [0.1, 0.15) is 40.7 Å². The Kier molecular flexibility index (Phi) is 7.02. The number of rotatable bonds is 6. The molecule has 0 bridgehead atoms. The third-order valence-electron chi connectivity index (χ3n) is 6.32. The predicted octanol–water partition coefficient (Wildman–Crippen LogP) is 2.94. The number of amides is 1. The highest BCUT2D eigenvalue weighted by molar-refractivity contribution is 5.97. The third-order valence-corrected chi connectivity index (χ3v) is 6.32. The highest BCUT2D eigenvalue weighted by Gasteiger charge is 2.47. The number of benzene rings is 2. The molecule has 1 aliphatic carbocycles. The molecule has 2 aliphatic rings. The van der Waals surface area contributed by atoms with Crippen molar-refractivity contribution in [2.75, 3.05) is 27.2 Å². The molecule has 1 saturated heterocycles. The van der Waals surface area contributed by atoms with Gasteiger partial charge in [-0.05, 0) is 81.7 Å². The predicted molar refractivity (Wildman–Crippen MR) is 129 cm³/mol. The second kappa shape index (κ2) is 9.97. The summed E-state index contributed by atoms with van der Waals surface area (Å²) >= 11 is 0. The van der Waals surface area contributed by atoms with E-state index in [2.05, 4.69) is 22.2 Å². The van der Waals surface area contributed by atoms with Crippen LogP contribution in [0.3, 0.4) is 0 Å². The van der Waals surface area contributed by atoms with Crippen LogP contribution in [0.15, 0.2) is 48.7 Å². The maximum atomic E-state index is 13.1. The molecule has 0 unspecified atom stereocenters. The highest BCUT2D eigenvalue weighted by atomic mass is 16.7. The summed E-state index contributed by atoms with van der Waals surface area (Å²) in [6.45, 7) is 2.51. The largest absolute Gasteiger partial charge is 0.497 e. The first-order valence-corrected chi connectivity index (χ1v) is 11.4. The maximum Gasteiger partial charge on any atom is 0.310 e. The Balaban J connectivity index is 0.000000486. The molecule has 1 aromatic heterocycles. The molecule has 1 saturated carbocycles. The molecule has 1 amide bonds. The summed E-state index contributed by atoms with van der Waals surface area (Å²) in [6, 6.07) is 12.5. The van der Waals surface area contributed by atoms with E-state index in [-0.39, 0.29) is 11.7 Å². The van der Waals surface area contributed by atoms with E-state index in [1.165, 1.54) is 25.6 Å². The quantitative estimate of drug-likeness (QED) is 0.481. The van der Waals surface area contributed by atoms with Crippen molar-refractivity contribution in [3.05, 3.63) is 65.4 Å². The molecule has 0 atom stereocenters. The lowest BCUT2D eigenvalue weighted by Gasteiger charge is -2.24. The summed E-state index contributed by atoms with van der Waals surface area (Å²) < 4.78 is 10.3. The van der Waals surface area contributed by atoms with Crippen LogP contribution in [-0.4, -0.2) is 59.7 Å². The van der Waals surface area contributed by atoms with E-state index in [0.29, 0.717) is 11.3 Å². The lowest BCUT2D eigenvalue weighted by atomic mass is 9.97. The van der Waals surface area contributed by atoms with Crippen molar-refractivity contribution in [2.45, 2.75) is 38.2 Å². The first-order valence-electron chi connectivity index (χ1n) is 11.4. The minimum Gasteiger partial charge on any atom is -0.497 e. The molecule has 8 heteroatoms. The van der Waals surface area contributed by atoms with Gasteiger partial charge in [-0.3, -0.25) is 9.78 Å². The molecule has 1 aliphatic heterocycles. The molecule has 2 fully saturated rings. The summed E-state index contributed by atoms with van der Waals surface area (Å²) in [5.41, 5.74) is 2.47. The van der Waals surface area contributed by atoms with E-state index < -0.39 is 12.0 Å². The molecule has 2 heterocycles. The van der Waals surface area contributed by atoms with Crippen molar-refractivity contribution in [3.63, 3.8) is 0 Å². The number of hydrogen-bond acceptors (Lipinski definition) is 7. The summed E-state index contributed by atoms with van der Waals surface area (Å²) in [6.07, 6.45) is 4.76. The number of pyridine rings is 1. The Morgan fingerprint density at radius 2 is 1.88 bits per heavy atom. The zero-order valence-electron chi connectivity index (χ0n) is 19.7. The number of aliphatic hydroxyl groups excluding tert-OH is 1. The molecule has 0 radical (unpaired) electrons. The summed E-state index contributed by atoms with van der Waals surface area (Å²) in [5.74, 6) is 0.643. The number of fused-ring (bicyclic) bond motifs is 1. The molecule has 8 nitrogen and oxygen atoms in total. The molecular formula is C26H31N3O5. The van der Waals surface area contributed by atoms with Crippen LogP contribution in [0.5, 0.6) is 11.5 Å². The Morgan fingerprint density at radius 1 is 1.15 bits per heavy atom. The van der Waals surface area contributed by atoms with Gasteiger partial charge >= 0.3 is 6.48 Å². The smallest absolute Gasteiger partial charge is 0.310 e. The number of aromatic nitrogens is 1. The summed E-state index contributed by atoms with van der Waals surface area (Å²) in [4.78, 5) is 19.8. The second-order valence-corrected chi connectivity index (χ2v) is 8.86. The van der Waals surface area contributed by atoms with Crippen molar-refractivity contribution in [3.8, 4) is 11.5 Å². The monoisotopic (exact) mass is 465 g/mol. The number of nitrogens with zero attached hydrogens (tertiary/aromatic N) is 2. The van der Waals surface area contributed by atoms with Crippen LogP contribution in [0.4, 0.5) is 0 Å². The normalized spacial score (nSPS) is 16.3. The molecular weight excluding hydrogens is 434 g/mol. The Labute approximate surface area is 199 Å². The maximum absolute atomic E-state index is 13.1. The minimum absolute atomic E-state index is 0.205. The van der Waals surface area contributed by atoms with E-state index >= 15 is 0 Å². The molecule has 2 aromatic carbocycles. The summed E-state index contributed by atoms with van der Waals surface area (Å²) in [7, 11) is 3.75. The lowest BCUT2D eigenvalue weighted by molar-refractivity contribution is -0.179. The van der Waals surface area contributed by atoms with Crippen molar-refractivity contribution >= 4 is 16.8 Å². The van der Waals surface area contributed by atoms with Crippen LogP contribution in [0.25, 0.3) is 10.9 Å². The van der Waals surface area contributed by atoms with Gasteiger partial charge in [-0.15, -0.1) is 0 Å². The van der Waals surface area contributed by atoms with Crippen LogP contribution < -0.4 is 14.8 Å². The standard InChI is InChI=1S/C22H22N2O5.C4H9N/c1-13-5-6-14(29-21(26)27)10-17(13)20(25)24-22(7-8-22)18-11-15(28-2)12-19-16(18)4-3-9-23-19;1-5-3-2-4-5/h3-6,9-12,21,26-27H,7-8H2,1-2H3,(H,24,25);2-4H2,1H3. The van der Waals surface area contributed by atoms with Crippen LogP contribution in [0, 0.1) is 6.92 Å². The Morgan fingerprint density at radius 3 is 2.47 bits per heavy atom. The van der Waals surface area contributed by atoms with E-state index in [0.717, 1.165) is 34.9 Å². The van der Waals surface area contributed by atoms with Gasteiger partial charge in [0.05, 0.1) is 18.2 Å². The number of carbonyl (C=O) groups excluding carboxylic acids is 1. The van der Waals surface area contributed by atoms with Gasteiger partial charge in [0.2, 0.25) is 0 Å². The van der Waals surface area contributed by atoms with Gasteiger partial charge in [0.15, 0.2) is 0 Å². The number of aliphatic hydroxyl groups is 2. The van der Waals surface area contributed by atoms with Gasteiger partial charge < -0.3 is 29.9 Å². The van der Waals surface area contributed by atoms with Crippen molar-refractivity contribution in [2.24, 2.45) is 0 Å². The van der Waals surface area contributed by atoms with E-state index in [1.807, 2.05) is 31.2 Å². The second-order valence-electron chi connectivity index (χ2n) is 8.86. The number of carbonyl (C=O) groups is 1. The van der Waals surface area contributed by atoms with Crippen LogP contribution in [-0.2, 0) is 5.54 Å². The van der Waals surface area contributed by atoms with Gasteiger partial charge in [0, 0.05) is 23.2 Å². The van der Waals surface area contributed by atoms with E-state index in [9.17, 15) is 4.79 Å². The molecule has 3 N–H and O–H groups in total. The molecule has 5 rings (SSSR count). The first kappa shape index (κ1) is 23.9. The number of aryl methyl sites for hydroxylation is 1. The Bertz CT molecular complexity index is 1170. The topological polar surface area (TPSA) is 104 Å². The van der Waals surface area contributed by atoms with Crippen molar-refractivity contribution in [1.82, 2.24) is 15.2 Å². The number of likely N-dealkylation sites (tertiary alicyclic amines) is 1. The Hall–Kier alpha value is -3.20. The molecule has 180 valence electrons. The number of ether oxygens (including phenoxy) is 2. The number of nitrogens with one attached hydrogen (secondary N) is 1. The van der Waals surface area contributed by atoms with Gasteiger partial charge in [-0.2, -0.15) is 0 Å². The number of hydrogen-bond donors (Lipinski definition) is 3. The third kappa shape index (κ3) is 5.30. The highest BCUT2D eigenvalue weighted by Crippen LogP contribution is 2.49. The van der Waals surface area contributed by atoms with Gasteiger partial charge in [-0.25, -0.2) is 0 Å².